The maximum absolute atomic E-state index is 13.2. The number of piperazine rings is 1. The van der Waals surface area contributed by atoms with Crippen molar-refractivity contribution in [3.05, 3.63) is 41.5 Å². The number of hydrogen-bond donors (Lipinski definition) is 2. The molecule has 1 heterocycles. The third kappa shape index (κ3) is 7.17. The Kier molecular flexibility index (Phi) is 10.8. The van der Waals surface area contributed by atoms with Gasteiger partial charge in [-0.2, -0.15) is 0 Å². The van der Waals surface area contributed by atoms with Gasteiger partial charge in [-0.15, -0.1) is 0 Å². The number of amides is 1. The molecule has 0 spiro atoms. The molecule has 202 valence electrons. The topological polar surface area (TPSA) is 144 Å². The summed E-state index contributed by atoms with van der Waals surface area (Å²) in [6.45, 7) is 3.37. The van der Waals surface area contributed by atoms with Gasteiger partial charge in [0.05, 0.1) is 35.5 Å². The fourth-order valence-corrected chi connectivity index (χ4v) is 3.86. The zero-order chi connectivity index (χ0) is 27.5. The molecule has 0 saturated carbocycles. The molecule has 1 amide bonds. The highest BCUT2D eigenvalue weighted by molar-refractivity contribution is 6.27. The minimum atomic E-state index is -1.82. The highest BCUT2D eigenvalue weighted by Crippen LogP contribution is 2.40. The van der Waals surface area contributed by atoms with Gasteiger partial charge in [-0.05, 0) is 18.2 Å². The Morgan fingerprint density at radius 3 is 1.65 bits per heavy atom. The fourth-order valence-electron chi connectivity index (χ4n) is 3.86. The van der Waals surface area contributed by atoms with E-state index in [0.717, 1.165) is 18.7 Å². The predicted molar refractivity (Wildman–Crippen MR) is 132 cm³/mol. The van der Waals surface area contributed by atoms with Gasteiger partial charge in [0.2, 0.25) is 5.75 Å². The van der Waals surface area contributed by atoms with Gasteiger partial charge in [-0.3, -0.25) is 9.69 Å². The maximum atomic E-state index is 13.2. The van der Waals surface area contributed by atoms with E-state index in [1.54, 1.807) is 47.7 Å². The second-order valence-corrected chi connectivity index (χ2v) is 7.71. The summed E-state index contributed by atoms with van der Waals surface area (Å²) in [5, 5.41) is 14.8. The van der Waals surface area contributed by atoms with E-state index in [1.165, 1.54) is 0 Å². The Morgan fingerprint density at radius 2 is 1.22 bits per heavy atom. The van der Waals surface area contributed by atoms with Crippen molar-refractivity contribution >= 4 is 17.8 Å². The van der Waals surface area contributed by atoms with Crippen LogP contribution in [0.5, 0.6) is 28.7 Å². The van der Waals surface area contributed by atoms with Crippen LogP contribution < -0.4 is 23.7 Å². The van der Waals surface area contributed by atoms with Gasteiger partial charge in [0.1, 0.15) is 17.1 Å². The monoisotopic (exact) mass is 520 g/mol. The molecule has 2 aromatic carbocycles. The van der Waals surface area contributed by atoms with Crippen LogP contribution in [0, 0.1) is 0 Å². The average molecular weight is 521 g/mol. The fraction of sp³-hybridized carbons (Fsp3) is 0.400. The standard InChI is InChI=1S/C23H30N2O6.C2H2O4/c1-27-17-7-6-8-18(28-2)20(17)23(26)25-13-11-24(12-14-25)15-16-9-10-19(29-3)22(31-5)21(16)30-4;3-1(4)2(5)6/h6-10H,11-15H2,1-5H3;(H,3,4)(H,5,6). The van der Waals surface area contributed by atoms with Crippen molar-refractivity contribution in [2.75, 3.05) is 61.7 Å². The summed E-state index contributed by atoms with van der Waals surface area (Å²) in [4.78, 5) is 35.5. The van der Waals surface area contributed by atoms with E-state index in [0.29, 0.717) is 53.9 Å². The van der Waals surface area contributed by atoms with Gasteiger partial charge in [-0.1, -0.05) is 12.1 Å². The van der Waals surface area contributed by atoms with Crippen molar-refractivity contribution in [1.29, 1.82) is 0 Å². The van der Waals surface area contributed by atoms with Crippen LogP contribution in [0.4, 0.5) is 0 Å². The van der Waals surface area contributed by atoms with Crippen LogP contribution in [-0.4, -0.2) is 99.6 Å². The van der Waals surface area contributed by atoms with Gasteiger partial charge in [-0.25, -0.2) is 9.59 Å². The molecule has 3 rings (SSSR count). The summed E-state index contributed by atoms with van der Waals surface area (Å²) < 4.78 is 27.2. The van der Waals surface area contributed by atoms with E-state index in [4.69, 9.17) is 43.5 Å². The lowest BCUT2D eigenvalue weighted by molar-refractivity contribution is -0.159. The number of benzene rings is 2. The zero-order valence-electron chi connectivity index (χ0n) is 21.5. The lowest BCUT2D eigenvalue weighted by atomic mass is 10.1. The Hall–Kier alpha value is -4.19. The van der Waals surface area contributed by atoms with E-state index in [9.17, 15) is 4.79 Å². The zero-order valence-corrected chi connectivity index (χ0v) is 21.5. The number of carboxylic acid groups (broad SMARTS) is 2. The number of ether oxygens (including phenoxy) is 5. The first-order chi connectivity index (χ1) is 17.7. The Morgan fingerprint density at radius 1 is 0.703 bits per heavy atom. The van der Waals surface area contributed by atoms with Crippen LogP contribution in [0.15, 0.2) is 30.3 Å². The van der Waals surface area contributed by atoms with Gasteiger partial charge < -0.3 is 38.8 Å². The molecule has 2 aromatic rings. The minimum Gasteiger partial charge on any atom is -0.496 e. The minimum absolute atomic E-state index is 0.0855. The van der Waals surface area contributed by atoms with Crippen molar-refractivity contribution in [2.24, 2.45) is 0 Å². The van der Waals surface area contributed by atoms with Gasteiger partial charge >= 0.3 is 11.9 Å². The molecular formula is C25H32N2O10. The number of methoxy groups -OCH3 is 5. The van der Waals surface area contributed by atoms with Crippen LogP contribution in [0.1, 0.15) is 15.9 Å². The van der Waals surface area contributed by atoms with E-state index in [1.807, 2.05) is 23.1 Å². The van der Waals surface area contributed by atoms with Gasteiger partial charge in [0.15, 0.2) is 11.5 Å². The van der Waals surface area contributed by atoms with Crippen molar-refractivity contribution in [2.45, 2.75) is 6.54 Å². The summed E-state index contributed by atoms with van der Waals surface area (Å²) in [5.41, 5.74) is 1.47. The van der Waals surface area contributed by atoms with Crippen LogP contribution >= 0.6 is 0 Å². The highest BCUT2D eigenvalue weighted by Gasteiger charge is 2.28. The third-order valence-corrected chi connectivity index (χ3v) is 5.66. The maximum Gasteiger partial charge on any atom is 0.414 e. The van der Waals surface area contributed by atoms with E-state index < -0.39 is 11.9 Å². The van der Waals surface area contributed by atoms with Crippen molar-refractivity contribution in [3.63, 3.8) is 0 Å². The molecule has 1 fully saturated rings. The third-order valence-electron chi connectivity index (χ3n) is 5.66. The Labute approximate surface area is 214 Å². The first-order valence-electron chi connectivity index (χ1n) is 11.2. The summed E-state index contributed by atoms with van der Waals surface area (Å²) >= 11 is 0. The molecule has 12 nitrogen and oxygen atoms in total. The van der Waals surface area contributed by atoms with E-state index >= 15 is 0 Å². The van der Waals surface area contributed by atoms with Crippen LogP contribution in [0.2, 0.25) is 0 Å². The van der Waals surface area contributed by atoms with Crippen LogP contribution in [0.25, 0.3) is 0 Å². The second kappa shape index (κ2) is 13.8. The molecule has 0 radical (unpaired) electrons. The molecular weight excluding hydrogens is 488 g/mol. The highest BCUT2D eigenvalue weighted by atomic mass is 16.5. The predicted octanol–water partition coefficient (Wildman–Crippen LogP) is 1.84. The molecule has 0 bridgehead atoms. The molecule has 1 saturated heterocycles. The molecule has 0 unspecified atom stereocenters. The number of nitrogens with zero attached hydrogens (tertiary/aromatic N) is 2. The normalized spacial score (nSPS) is 13.1. The van der Waals surface area contributed by atoms with Crippen molar-refractivity contribution in [3.8, 4) is 28.7 Å². The molecule has 1 aliphatic heterocycles. The van der Waals surface area contributed by atoms with Crippen molar-refractivity contribution in [1.82, 2.24) is 9.80 Å². The smallest absolute Gasteiger partial charge is 0.414 e. The lowest BCUT2D eigenvalue weighted by Crippen LogP contribution is -2.48. The van der Waals surface area contributed by atoms with Gasteiger partial charge in [0, 0.05) is 38.3 Å². The van der Waals surface area contributed by atoms with Gasteiger partial charge in [0.25, 0.3) is 5.91 Å². The molecule has 1 aliphatic rings. The van der Waals surface area contributed by atoms with Crippen molar-refractivity contribution < 1.29 is 48.3 Å². The quantitative estimate of drug-likeness (QED) is 0.492. The summed E-state index contributed by atoms with van der Waals surface area (Å²) in [7, 11) is 7.93. The molecule has 0 aliphatic carbocycles. The average Bonchev–Trinajstić information content (AvgIpc) is 2.92. The second-order valence-electron chi connectivity index (χ2n) is 7.71. The van der Waals surface area contributed by atoms with E-state index in [2.05, 4.69) is 4.90 Å². The number of rotatable bonds is 8. The lowest BCUT2D eigenvalue weighted by Gasteiger charge is -2.35. The molecule has 0 aromatic heterocycles. The number of carbonyl (C=O) groups is 3. The van der Waals surface area contributed by atoms with E-state index in [-0.39, 0.29) is 5.91 Å². The Balaban J connectivity index is 0.000000717. The number of carbonyl (C=O) groups excluding carboxylic acids is 1. The van der Waals surface area contributed by atoms with Crippen LogP contribution in [0.3, 0.4) is 0 Å². The largest absolute Gasteiger partial charge is 0.496 e. The summed E-state index contributed by atoms with van der Waals surface area (Å²) in [6.07, 6.45) is 0. The molecule has 37 heavy (non-hydrogen) atoms. The number of aliphatic carboxylic acids is 2. The first kappa shape index (κ1) is 29.0. The summed E-state index contributed by atoms with van der Waals surface area (Å²) in [5.74, 6) is -0.825. The number of carboxylic acids is 2. The SMILES string of the molecule is COc1ccc(CN2CCN(C(=O)c3c(OC)cccc3OC)CC2)c(OC)c1OC.O=C(O)C(=O)O. The molecule has 2 N–H and O–H groups in total. The number of hydrogen-bond acceptors (Lipinski definition) is 9. The van der Waals surface area contributed by atoms with Crippen LogP contribution in [-0.2, 0) is 16.1 Å². The summed E-state index contributed by atoms with van der Waals surface area (Å²) in [6, 6.07) is 9.22. The molecule has 0 atom stereocenters. The first-order valence-corrected chi connectivity index (χ1v) is 11.2. The Bertz CT molecular complexity index is 1060. The molecule has 12 heteroatoms.